The van der Waals surface area contributed by atoms with Crippen molar-refractivity contribution < 1.29 is 13.9 Å². The summed E-state index contributed by atoms with van der Waals surface area (Å²) >= 11 is 0. The Morgan fingerprint density at radius 1 is 1.24 bits per heavy atom. The predicted molar refractivity (Wildman–Crippen MR) is 78.9 cm³/mol. The van der Waals surface area contributed by atoms with Crippen molar-refractivity contribution in [2.75, 3.05) is 12.4 Å². The number of carbonyl (C=O) groups excluding carboxylic acids is 1. The second-order valence-corrected chi connectivity index (χ2v) is 5.11. The third-order valence-corrected chi connectivity index (χ3v) is 3.86. The minimum atomic E-state index is -0.352. The van der Waals surface area contributed by atoms with Gasteiger partial charge in [-0.25, -0.2) is 9.18 Å². The lowest BCUT2D eigenvalue weighted by Gasteiger charge is -2.15. The molecule has 4 heteroatoms. The van der Waals surface area contributed by atoms with Crippen LogP contribution in [0, 0.1) is 5.82 Å². The Kier molecular flexibility index (Phi) is 3.60. The quantitative estimate of drug-likeness (QED) is 0.874. The van der Waals surface area contributed by atoms with Crippen molar-refractivity contribution in [1.82, 2.24) is 0 Å². The maximum absolute atomic E-state index is 13.7. The van der Waals surface area contributed by atoms with Crippen LogP contribution in [0.1, 0.15) is 33.9 Å². The number of benzene rings is 2. The standard InChI is InChI=1S/C17H16FNO2/c1-21-17(20)11-5-7-12(8-6-11)19-16-10-9-13-14(16)3-2-4-15(13)18/h2-8,16,19H,9-10H2,1H3. The van der Waals surface area contributed by atoms with Gasteiger partial charge in [-0.1, -0.05) is 12.1 Å². The van der Waals surface area contributed by atoms with Gasteiger partial charge in [0.1, 0.15) is 5.82 Å². The molecular formula is C17H16FNO2. The van der Waals surface area contributed by atoms with E-state index in [0.29, 0.717) is 5.56 Å². The van der Waals surface area contributed by atoms with Crippen LogP contribution in [0.2, 0.25) is 0 Å². The third-order valence-electron chi connectivity index (χ3n) is 3.86. The number of esters is 1. The molecule has 1 aliphatic carbocycles. The van der Waals surface area contributed by atoms with Crippen LogP contribution in [0.15, 0.2) is 42.5 Å². The molecule has 3 nitrogen and oxygen atoms in total. The van der Waals surface area contributed by atoms with Crippen molar-refractivity contribution in [3.05, 3.63) is 65.0 Å². The molecule has 0 bridgehead atoms. The van der Waals surface area contributed by atoms with Crippen molar-refractivity contribution >= 4 is 11.7 Å². The normalized spacial score (nSPS) is 16.4. The minimum absolute atomic E-state index is 0.111. The van der Waals surface area contributed by atoms with Gasteiger partial charge in [-0.05, 0) is 54.3 Å². The molecule has 0 amide bonds. The number of nitrogens with one attached hydrogen (secondary N) is 1. The van der Waals surface area contributed by atoms with Crippen molar-refractivity contribution in [2.24, 2.45) is 0 Å². The summed E-state index contributed by atoms with van der Waals surface area (Å²) in [5.74, 6) is -0.479. The number of fused-ring (bicyclic) bond motifs is 1. The van der Waals surface area contributed by atoms with Gasteiger partial charge in [-0.15, -0.1) is 0 Å². The van der Waals surface area contributed by atoms with Crippen LogP contribution in [-0.2, 0) is 11.2 Å². The first-order chi connectivity index (χ1) is 10.2. The van der Waals surface area contributed by atoms with Crippen molar-refractivity contribution in [1.29, 1.82) is 0 Å². The highest BCUT2D eigenvalue weighted by atomic mass is 19.1. The number of anilines is 1. The molecular weight excluding hydrogens is 269 g/mol. The van der Waals surface area contributed by atoms with Crippen LogP contribution >= 0.6 is 0 Å². The van der Waals surface area contributed by atoms with Crippen molar-refractivity contribution in [2.45, 2.75) is 18.9 Å². The molecule has 0 saturated carbocycles. The number of hydrogen-bond donors (Lipinski definition) is 1. The minimum Gasteiger partial charge on any atom is -0.465 e. The van der Waals surface area contributed by atoms with E-state index in [1.807, 2.05) is 18.2 Å². The van der Waals surface area contributed by atoms with Crippen LogP contribution in [0.4, 0.5) is 10.1 Å². The van der Waals surface area contributed by atoms with Gasteiger partial charge in [0.05, 0.1) is 18.7 Å². The highest BCUT2D eigenvalue weighted by Gasteiger charge is 2.24. The van der Waals surface area contributed by atoms with Gasteiger partial charge in [-0.2, -0.15) is 0 Å². The van der Waals surface area contributed by atoms with Crippen LogP contribution in [0.3, 0.4) is 0 Å². The Morgan fingerprint density at radius 2 is 2.00 bits per heavy atom. The predicted octanol–water partition coefficient (Wildman–Crippen LogP) is 3.71. The fourth-order valence-corrected chi connectivity index (χ4v) is 2.78. The first-order valence-electron chi connectivity index (χ1n) is 6.91. The molecule has 0 fully saturated rings. The Balaban J connectivity index is 1.77. The number of carbonyl (C=O) groups is 1. The van der Waals surface area contributed by atoms with Crippen LogP contribution in [-0.4, -0.2) is 13.1 Å². The fourth-order valence-electron chi connectivity index (χ4n) is 2.78. The summed E-state index contributed by atoms with van der Waals surface area (Å²) in [4.78, 5) is 11.4. The maximum atomic E-state index is 13.7. The van der Waals surface area contributed by atoms with Gasteiger partial charge in [0.2, 0.25) is 0 Å². The molecule has 1 N–H and O–H groups in total. The average molecular weight is 285 g/mol. The largest absolute Gasteiger partial charge is 0.465 e. The van der Waals surface area contributed by atoms with E-state index in [4.69, 9.17) is 0 Å². The van der Waals surface area contributed by atoms with E-state index >= 15 is 0 Å². The van der Waals surface area contributed by atoms with Gasteiger partial charge < -0.3 is 10.1 Å². The molecule has 0 heterocycles. The highest BCUT2D eigenvalue weighted by molar-refractivity contribution is 5.89. The highest BCUT2D eigenvalue weighted by Crippen LogP contribution is 2.35. The lowest BCUT2D eigenvalue weighted by molar-refractivity contribution is 0.0601. The van der Waals surface area contributed by atoms with Gasteiger partial charge in [-0.3, -0.25) is 0 Å². The van der Waals surface area contributed by atoms with E-state index in [-0.39, 0.29) is 17.8 Å². The fraction of sp³-hybridized carbons (Fsp3) is 0.235. The SMILES string of the molecule is COC(=O)c1ccc(NC2CCc3c(F)cccc32)cc1. The third kappa shape index (κ3) is 2.61. The molecule has 21 heavy (non-hydrogen) atoms. The second-order valence-electron chi connectivity index (χ2n) is 5.11. The molecule has 2 aromatic rings. The zero-order valence-electron chi connectivity index (χ0n) is 11.7. The molecule has 1 aliphatic rings. The van der Waals surface area contributed by atoms with Crippen LogP contribution < -0.4 is 5.32 Å². The number of rotatable bonds is 3. The first-order valence-corrected chi connectivity index (χ1v) is 6.91. The molecule has 0 aliphatic heterocycles. The molecule has 0 saturated heterocycles. The summed E-state index contributed by atoms with van der Waals surface area (Å²) in [7, 11) is 1.36. The lowest BCUT2D eigenvalue weighted by Crippen LogP contribution is -2.08. The molecule has 0 aromatic heterocycles. The van der Waals surface area contributed by atoms with Crippen molar-refractivity contribution in [3.8, 4) is 0 Å². The molecule has 108 valence electrons. The molecule has 3 rings (SSSR count). The maximum Gasteiger partial charge on any atom is 0.337 e. The Hall–Kier alpha value is -2.36. The number of methoxy groups -OCH3 is 1. The Labute approximate surface area is 122 Å². The smallest absolute Gasteiger partial charge is 0.337 e. The molecule has 1 atom stereocenters. The molecule has 0 spiro atoms. The molecule has 0 radical (unpaired) electrons. The summed E-state index contributed by atoms with van der Waals surface area (Å²) < 4.78 is 18.4. The van der Waals surface area contributed by atoms with E-state index in [2.05, 4.69) is 10.1 Å². The zero-order valence-corrected chi connectivity index (χ0v) is 11.7. The summed E-state index contributed by atoms with van der Waals surface area (Å²) in [5, 5.41) is 3.39. The number of ether oxygens (including phenoxy) is 1. The van der Waals surface area contributed by atoms with E-state index in [9.17, 15) is 9.18 Å². The van der Waals surface area contributed by atoms with Crippen LogP contribution in [0.25, 0.3) is 0 Å². The molecule has 1 unspecified atom stereocenters. The van der Waals surface area contributed by atoms with Crippen LogP contribution in [0.5, 0.6) is 0 Å². The Bertz CT molecular complexity index is 667. The number of halogens is 1. The monoisotopic (exact) mass is 285 g/mol. The van der Waals surface area contributed by atoms with Gasteiger partial charge in [0, 0.05) is 5.69 Å². The van der Waals surface area contributed by atoms with E-state index in [0.717, 1.165) is 29.7 Å². The van der Waals surface area contributed by atoms with E-state index in [1.54, 1.807) is 18.2 Å². The first kappa shape index (κ1) is 13.6. The Morgan fingerprint density at radius 3 is 2.71 bits per heavy atom. The zero-order chi connectivity index (χ0) is 14.8. The lowest BCUT2D eigenvalue weighted by atomic mass is 10.1. The number of hydrogen-bond acceptors (Lipinski definition) is 3. The van der Waals surface area contributed by atoms with E-state index < -0.39 is 0 Å². The van der Waals surface area contributed by atoms with E-state index in [1.165, 1.54) is 13.2 Å². The topological polar surface area (TPSA) is 38.3 Å². The summed E-state index contributed by atoms with van der Waals surface area (Å²) in [6, 6.07) is 12.4. The summed E-state index contributed by atoms with van der Waals surface area (Å²) in [5.41, 5.74) is 3.25. The van der Waals surface area contributed by atoms with Crippen molar-refractivity contribution in [3.63, 3.8) is 0 Å². The summed E-state index contributed by atoms with van der Waals surface area (Å²) in [6.45, 7) is 0. The average Bonchev–Trinajstić information content (AvgIpc) is 2.92. The summed E-state index contributed by atoms with van der Waals surface area (Å²) in [6.07, 6.45) is 1.62. The molecule has 2 aromatic carbocycles. The van der Waals surface area contributed by atoms with Gasteiger partial charge in [0.25, 0.3) is 0 Å². The second kappa shape index (κ2) is 5.56. The van der Waals surface area contributed by atoms with Gasteiger partial charge >= 0.3 is 5.97 Å². The van der Waals surface area contributed by atoms with Gasteiger partial charge in [0.15, 0.2) is 0 Å².